The van der Waals surface area contributed by atoms with Gasteiger partial charge in [-0.15, -0.1) is 5.10 Å². The van der Waals surface area contributed by atoms with Crippen LogP contribution in [0.2, 0.25) is 0 Å². The van der Waals surface area contributed by atoms with E-state index in [4.69, 9.17) is 4.84 Å². The van der Waals surface area contributed by atoms with Gasteiger partial charge in [0.05, 0.1) is 16.8 Å². The van der Waals surface area contributed by atoms with Crippen LogP contribution >= 0.6 is 0 Å². The summed E-state index contributed by atoms with van der Waals surface area (Å²) in [6.45, 7) is 1.88. The summed E-state index contributed by atoms with van der Waals surface area (Å²) in [7, 11) is 0. The van der Waals surface area contributed by atoms with E-state index in [2.05, 4.69) is 10.1 Å². The number of fused-ring (bicyclic) bond motifs is 1. The third kappa shape index (κ3) is 2.77. The smallest absolute Gasteiger partial charge is 0.321 e. The van der Waals surface area contributed by atoms with Gasteiger partial charge in [0.15, 0.2) is 0 Å². The summed E-state index contributed by atoms with van der Waals surface area (Å²) in [4.78, 5) is 46.2. The SMILES string of the molecule is CCc1nc(C(=O)ON2C(=O)c3ccccc3C2=O)nn1-c1ccccc1. The van der Waals surface area contributed by atoms with Crippen molar-refractivity contribution in [3.8, 4) is 5.69 Å². The first kappa shape index (κ1) is 16.6. The van der Waals surface area contributed by atoms with Crippen molar-refractivity contribution in [1.82, 2.24) is 19.8 Å². The number of aromatic nitrogens is 3. The largest absolute Gasteiger partial charge is 0.403 e. The Hall–Kier alpha value is -3.81. The van der Waals surface area contributed by atoms with Crippen LogP contribution in [0.5, 0.6) is 0 Å². The van der Waals surface area contributed by atoms with Crippen molar-refractivity contribution in [2.45, 2.75) is 13.3 Å². The minimum Gasteiger partial charge on any atom is -0.321 e. The highest BCUT2D eigenvalue weighted by Crippen LogP contribution is 2.23. The van der Waals surface area contributed by atoms with Gasteiger partial charge in [-0.3, -0.25) is 9.59 Å². The summed E-state index contributed by atoms with van der Waals surface area (Å²) in [6.07, 6.45) is 0.530. The first-order chi connectivity index (χ1) is 13.1. The van der Waals surface area contributed by atoms with Crippen molar-refractivity contribution in [1.29, 1.82) is 0 Å². The number of amides is 2. The number of benzene rings is 2. The molecular formula is C19H14N4O4. The second-order valence-electron chi connectivity index (χ2n) is 5.78. The van der Waals surface area contributed by atoms with Gasteiger partial charge in [-0.2, -0.15) is 0 Å². The topological polar surface area (TPSA) is 94.4 Å². The van der Waals surface area contributed by atoms with Gasteiger partial charge in [-0.1, -0.05) is 42.3 Å². The van der Waals surface area contributed by atoms with Crippen LogP contribution < -0.4 is 0 Å². The van der Waals surface area contributed by atoms with E-state index in [-0.39, 0.29) is 17.0 Å². The van der Waals surface area contributed by atoms with E-state index < -0.39 is 17.8 Å². The van der Waals surface area contributed by atoms with E-state index in [1.165, 1.54) is 16.8 Å². The lowest BCUT2D eigenvalue weighted by atomic mass is 10.1. The first-order valence-corrected chi connectivity index (χ1v) is 8.31. The number of rotatable bonds is 4. The molecule has 134 valence electrons. The summed E-state index contributed by atoms with van der Waals surface area (Å²) in [5.41, 5.74) is 1.11. The number of hydroxylamine groups is 2. The van der Waals surface area contributed by atoms with Crippen molar-refractivity contribution in [3.63, 3.8) is 0 Å². The second kappa shape index (κ2) is 6.49. The average molecular weight is 362 g/mol. The van der Waals surface area contributed by atoms with Gasteiger partial charge >= 0.3 is 5.97 Å². The molecule has 0 atom stereocenters. The predicted molar refractivity (Wildman–Crippen MR) is 93.1 cm³/mol. The molecule has 1 aliphatic heterocycles. The van der Waals surface area contributed by atoms with Crippen LogP contribution in [0.4, 0.5) is 0 Å². The molecule has 0 unspecified atom stereocenters. The van der Waals surface area contributed by atoms with E-state index in [0.717, 1.165) is 5.69 Å². The Bertz CT molecular complexity index is 1020. The van der Waals surface area contributed by atoms with E-state index in [1.54, 1.807) is 12.1 Å². The molecule has 0 aliphatic carbocycles. The van der Waals surface area contributed by atoms with E-state index in [9.17, 15) is 14.4 Å². The first-order valence-electron chi connectivity index (χ1n) is 8.31. The normalized spacial score (nSPS) is 13.0. The molecule has 0 radical (unpaired) electrons. The van der Waals surface area contributed by atoms with Gasteiger partial charge in [0.1, 0.15) is 5.82 Å². The fourth-order valence-corrected chi connectivity index (χ4v) is 2.81. The molecule has 8 nitrogen and oxygen atoms in total. The number of hydrogen-bond acceptors (Lipinski definition) is 6. The molecule has 2 amide bonds. The zero-order chi connectivity index (χ0) is 19.0. The number of nitrogens with zero attached hydrogens (tertiary/aromatic N) is 4. The van der Waals surface area contributed by atoms with Crippen molar-refractivity contribution in [3.05, 3.63) is 77.4 Å². The number of carbonyl (C=O) groups excluding carboxylic acids is 3. The quantitative estimate of drug-likeness (QED) is 0.661. The van der Waals surface area contributed by atoms with E-state index >= 15 is 0 Å². The van der Waals surface area contributed by atoms with Crippen LogP contribution in [0, 0.1) is 0 Å². The molecule has 0 spiro atoms. The Morgan fingerprint density at radius 1 is 0.963 bits per heavy atom. The number of carbonyl (C=O) groups is 3. The molecule has 2 heterocycles. The van der Waals surface area contributed by atoms with Gasteiger partial charge in [-0.25, -0.2) is 14.5 Å². The zero-order valence-electron chi connectivity index (χ0n) is 14.3. The Morgan fingerprint density at radius 2 is 1.56 bits per heavy atom. The minimum absolute atomic E-state index is 0.187. The summed E-state index contributed by atoms with van der Waals surface area (Å²) in [5.74, 6) is -2.04. The Kier molecular flexibility index (Phi) is 4.00. The van der Waals surface area contributed by atoms with Crippen LogP contribution in [0.1, 0.15) is 44.1 Å². The molecular weight excluding hydrogens is 348 g/mol. The highest BCUT2D eigenvalue weighted by molar-refractivity contribution is 6.21. The molecule has 0 fully saturated rings. The summed E-state index contributed by atoms with van der Waals surface area (Å²) >= 11 is 0. The van der Waals surface area contributed by atoms with Gasteiger partial charge < -0.3 is 4.84 Å². The number of aryl methyl sites for hydroxylation is 1. The van der Waals surface area contributed by atoms with Gasteiger partial charge in [0.25, 0.3) is 17.6 Å². The van der Waals surface area contributed by atoms with Crippen LogP contribution in [0.15, 0.2) is 54.6 Å². The zero-order valence-corrected chi connectivity index (χ0v) is 14.3. The molecule has 1 aliphatic rings. The maximum Gasteiger partial charge on any atom is 0.403 e. The van der Waals surface area contributed by atoms with E-state index in [0.29, 0.717) is 17.3 Å². The van der Waals surface area contributed by atoms with Crippen molar-refractivity contribution >= 4 is 17.8 Å². The number of hydrogen-bond donors (Lipinski definition) is 0. The lowest BCUT2D eigenvalue weighted by Crippen LogP contribution is -2.33. The van der Waals surface area contributed by atoms with Crippen molar-refractivity contribution in [2.75, 3.05) is 0 Å². The molecule has 0 N–H and O–H groups in total. The molecule has 27 heavy (non-hydrogen) atoms. The van der Waals surface area contributed by atoms with Crippen LogP contribution in [0.3, 0.4) is 0 Å². The molecule has 3 aromatic rings. The van der Waals surface area contributed by atoms with Crippen molar-refractivity contribution < 1.29 is 19.2 Å². The maximum atomic E-state index is 12.4. The molecule has 0 saturated carbocycles. The highest BCUT2D eigenvalue weighted by atomic mass is 16.7. The summed E-state index contributed by atoms with van der Waals surface area (Å²) in [6, 6.07) is 15.5. The second-order valence-corrected chi connectivity index (χ2v) is 5.78. The number of para-hydroxylation sites is 1. The fourth-order valence-electron chi connectivity index (χ4n) is 2.81. The predicted octanol–water partition coefficient (Wildman–Crippen LogP) is 2.20. The fraction of sp³-hybridized carbons (Fsp3) is 0.105. The lowest BCUT2D eigenvalue weighted by molar-refractivity contribution is -0.0592. The molecule has 4 rings (SSSR count). The third-order valence-electron chi connectivity index (χ3n) is 4.10. The Labute approximate surface area is 154 Å². The lowest BCUT2D eigenvalue weighted by Gasteiger charge is -2.10. The Balaban J connectivity index is 1.61. The summed E-state index contributed by atoms with van der Waals surface area (Å²) < 4.78 is 1.53. The van der Waals surface area contributed by atoms with Crippen LogP contribution in [0.25, 0.3) is 5.69 Å². The Morgan fingerprint density at radius 3 is 2.15 bits per heavy atom. The monoisotopic (exact) mass is 362 g/mol. The molecule has 8 heteroatoms. The highest BCUT2D eigenvalue weighted by Gasteiger charge is 2.39. The van der Waals surface area contributed by atoms with Crippen LogP contribution in [-0.2, 0) is 11.3 Å². The average Bonchev–Trinajstić information content (AvgIpc) is 3.25. The molecule has 0 bridgehead atoms. The van der Waals surface area contributed by atoms with Gasteiger partial charge in [-0.05, 0) is 24.3 Å². The van der Waals surface area contributed by atoms with Crippen LogP contribution in [-0.4, -0.2) is 37.6 Å². The van der Waals surface area contributed by atoms with Crippen molar-refractivity contribution in [2.24, 2.45) is 0 Å². The molecule has 0 saturated heterocycles. The van der Waals surface area contributed by atoms with Gasteiger partial charge in [0, 0.05) is 6.42 Å². The maximum absolute atomic E-state index is 12.4. The van der Waals surface area contributed by atoms with E-state index in [1.807, 2.05) is 37.3 Å². The molecule has 2 aromatic carbocycles. The third-order valence-corrected chi connectivity index (χ3v) is 4.10. The summed E-state index contributed by atoms with van der Waals surface area (Å²) in [5, 5.41) is 4.62. The standard InChI is InChI=1S/C19H14N4O4/c1-2-15-20-16(21-22(15)12-8-4-3-5-9-12)19(26)27-23-17(24)13-10-6-7-11-14(13)18(23)25/h3-11H,2H2,1H3. The molecule has 1 aromatic heterocycles. The minimum atomic E-state index is -0.978. The van der Waals surface area contributed by atoms with Gasteiger partial charge in [0.2, 0.25) is 0 Å². The number of imide groups is 1.